The molecular weight excluding hydrogens is 464 g/mol. The summed E-state index contributed by atoms with van der Waals surface area (Å²) in [6.07, 6.45) is -0.670. The number of aromatic amines is 1. The summed E-state index contributed by atoms with van der Waals surface area (Å²) in [5.74, 6) is 0.230. The lowest BCUT2D eigenvalue weighted by Crippen LogP contribution is -2.32. The molecule has 2 aromatic heterocycles. The molecule has 0 spiro atoms. The molecule has 176 valence electrons. The summed E-state index contributed by atoms with van der Waals surface area (Å²) in [5, 5.41) is 3.20. The van der Waals surface area contributed by atoms with Gasteiger partial charge in [0.05, 0.1) is 33.9 Å². The van der Waals surface area contributed by atoms with Crippen LogP contribution in [0, 0.1) is 0 Å². The predicted octanol–water partition coefficient (Wildman–Crippen LogP) is 5.42. The third kappa shape index (κ3) is 4.58. The van der Waals surface area contributed by atoms with Crippen LogP contribution in [-0.4, -0.2) is 40.0 Å². The van der Waals surface area contributed by atoms with Crippen LogP contribution in [0.2, 0.25) is 0 Å². The topological polar surface area (TPSA) is 106 Å². The molecule has 1 atom stereocenters. The molecule has 2 heterocycles. The first-order chi connectivity index (χ1) is 17.1. The molecule has 3 aromatic carbocycles. The normalized spacial score (nSPS) is 11.9. The van der Waals surface area contributed by atoms with E-state index in [4.69, 9.17) is 9.47 Å². The van der Waals surface area contributed by atoms with Gasteiger partial charge in [-0.1, -0.05) is 48.6 Å². The number of esters is 1. The third-order valence-corrected chi connectivity index (χ3v) is 6.46. The number of H-pyrrole nitrogens is 1. The molecule has 5 rings (SSSR count). The zero-order valence-electron chi connectivity index (χ0n) is 19.1. The van der Waals surface area contributed by atoms with Gasteiger partial charge in [0, 0.05) is 5.56 Å². The number of nitrogens with one attached hydrogen (secondary N) is 2. The van der Waals surface area contributed by atoms with E-state index >= 15 is 0 Å². The molecule has 0 aliphatic heterocycles. The number of para-hydroxylation sites is 2. The summed E-state index contributed by atoms with van der Waals surface area (Å²) in [7, 11) is 1.59. The van der Waals surface area contributed by atoms with E-state index in [-0.39, 0.29) is 0 Å². The van der Waals surface area contributed by atoms with Crippen LogP contribution < -0.4 is 10.1 Å². The molecule has 0 aliphatic carbocycles. The minimum Gasteiger partial charge on any atom is -0.497 e. The van der Waals surface area contributed by atoms with Gasteiger partial charge < -0.3 is 14.5 Å². The van der Waals surface area contributed by atoms with E-state index < -0.39 is 18.0 Å². The molecule has 0 bridgehead atoms. The highest BCUT2D eigenvalue weighted by molar-refractivity contribution is 7.22. The van der Waals surface area contributed by atoms with E-state index in [1.54, 1.807) is 32.2 Å². The predicted molar refractivity (Wildman–Crippen MR) is 136 cm³/mol. The van der Waals surface area contributed by atoms with Gasteiger partial charge in [-0.05, 0) is 42.8 Å². The summed E-state index contributed by atoms with van der Waals surface area (Å²) in [6.45, 7) is 1.78. The van der Waals surface area contributed by atoms with Gasteiger partial charge >= 0.3 is 5.97 Å². The lowest BCUT2D eigenvalue weighted by Gasteiger charge is -2.16. The summed E-state index contributed by atoms with van der Waals surface area (Å²) in [6, 6.07) is 20.2. The van der Waals surface area contributed by atoms with Gasteiger partial charge in [0.15, 0.2) is 11.2 Å². The Hall–Kier alpha value is -4.24. The summed E-state index contributed by atoms with van der Waals surface area (Å²) in [4.78, 5) is 38.3. The molecular formula is C26H22N4O4S. The smallest absolute Gasteiger partial charge is 0.339 e. The number of ether oxygens (including phenoxy) is 2. The molecule has 1 unspecified atom stereocenters. The number of amides is 1. The van der Waals surface area contributed by atoms with Crippen molar-refractivity contribution in [2.75, 3.05) is 12.4 Å². The molecule has 8 nitrogen and oxygen atoms in total. The van der Waals surface area contributed by atoms with Crippen LogP contribution in [0.4, 0.5) is 5.13 Å². The number of imidazole rings is 1. The number of hydrogen-bond donors (Lipinski definition) is 2. The van der Waals surface area contributed by atoms with Crippen LogP contribution >= 0.6 is 11.3 Å². The van der Waals surface area contributed by atoms with Gasteiger partial charge in [-0.25, -0.2) is 14.8 Å². The number of carbonyl (C=O) groups is 2. The fraction of sp³-hybridized carbons (Fsp3) is 0.154. The minimum atomic E-state index is -0.979. The molecule has 9 heteroatoms. The van der Waals surface area contributed by atoms with Gasteiger partial charge in [-0.2, -0.15) is 0 Å². The van der Waals surface area contributed by atoms with Crippen LogP contribution in [0.1, 0.15) is 23.7 Å². The second-order valence-corrected chi connectivity index (χ2v) is 8.82. The first kappa shape index (κ1) is 22.5. The molecule has 0 radical (unpaired) electrons. The fourth-order valence-corrected chi connectivity index (χ4v) is 4.63. The Balaban J connectivity index is 1.34. The number of benzene rings is 3. The first-order valence-corrected chi connectivity index (χ1v) is 11.9. The zero-order valence-corrected chi connectivity index (χ0v) is 19.9. The van der Waals surface area contributed by atoms with Crippen LogP contribution in [-0.2, 0) is 9.53 Å². The lowest BCUT2D eigenvalue weighted by atomic mass is 10.1. The highest BCUT2D eigenvalue weighted by atomic mass is 32.1. The Kier molecular flexibility index (Phi) is 6.15. The molecule has 0 saturated heterocycles. The quantitative estimate of drug-likeness (QED) is 0.298. The molecule has 0 saturated carbocycles. The molecule has 1 amide bonds. The second kappa shape index (κ2) is 9.55. The maximum Gasteiger partial charge on any atom is 0.339 e. The van der Waals surface area contributed by atoms with E-state index in [2.05, 4.69) is 20.3 Å². The van der Waals surface area contributed by atoms with E-state index in [0.717, 1.165) is 21.3 Å². The van der Waals surface area contributed by atoms with E-state index in [1.807, 2.05) is 48.5 Å². The molecule has 35 heavy (non-hydrogen) atoms. The van der Waals surface area contributed by atoms with Crippen LogP contribution in [0.5, 0.6) is 5.75 Å². The summed E-state index contributed by atoms with van der Waals surface area (Å²) >= 11 is 1.32. The average molecular weight is 487 g/mol. The largest absolute Gasteiger partial charge is 0.497 e. The van der Waals surface area contributed by atoms with Crippen LogP contribution in [0.15, 0.2) is 66.7 Å². The fourth-order valence-electron chi connectivity index (χ4n) is 3.73. The third-order valence-electron chi connectivity index (χ3n) is 5.53. The Bertz CT molecular complexity index is 1510. The maximum atomic E-state index is 13.1. The van der Waals surface area contributed by atoms with Gasteiger partial charge in [-0.3, -0.25) is 10.1 Å². The highest BCUT2D eigenvalue weighted by Gasteiger charge is 2.25. The van der Waals surface area contributed by atoms with E-state index in [0.29, 0.717) is 34.3 Å². The molecule has 0 aliphatic rings. The Labute approximate surface area is 204 Å². The van der Waals surface area contributed by atoms with Crippen molar-refractivity contribution >= 4 is 49.6 Å². The summed E-state index contributed by atoms with van der Waals surface area (Å²) in [5.41, 5.74) is 3.33. The number of hydrogen-bond acceptors (Lipinski definition) is 7. The molecule has 2 N–H and O–H groups in total. The number of rotatable bonds is 7. The number of aromatic nitrogens is 3. The number of methoxy groups -OCH3 is 1. The number of carbonyl (C=O) groups excluding carboxylic acids is 2. The summed E-state index contributed by atoms with van der Waals surface area (Å²) < 4.78 is 11.7. The highest BCUT2D eigenvalue weighted by Crippen LogP contribution is 2.30. The standard InChI is InChI=1S/C26H22N4O4S/c1-3-21(24(31)30-26-29-20-13-12-15(33-2)14-22(20)35-26)34-25(32)17-9-5-4-8-16(17)23-27-18-10-6-7-11-19(18)28-23/h4-14,21H,3H2,1-2H3,(H,27,28)(H,29,30,31). The lowest BCUT2D eigenvalue weighted by molar-refractivity contribution is -0.124. The number of fused-ring (bicyclic) bond motifs is 2. The number of nitrogens with zero attached hydrogens (tertiary/aromatic N) is 2. The van der Waals surface area contributed by atoms with E-state index in [1.165, 1.54) is 11.3 Å². The van der Waals surface area contributed by atoms with Crippen LogP contribution in [0.3, 0.4) is 0 Å². The van der Waals surface area contributed by atoms with Gasteiger partial charge in [0.2, 0.25) is 0 Å². The van der Waals surface area contributed by atoms with Gasteiger partial charge in [0.25, 0.3) is 5.91 Å². The monoisotopic (exact) mass is 486 g/mol. The minimum absolute atomic E-state index is 0.309. The van der Waals surface area contributed by atoms with Crippen molar-refractivity contribution in [2.24, 2.45) is 0 Å². The first-order valence-electron chi connectivity index (χ1n) is 11.1. The van der Waals surface area contributed by atoms with Crippen molar-refractivity contribution < 1.29 is 19.1 Å². The van der Waals surface area contributed by atoms with Crippen molar-refractivity contribution in [3.05, 3.63) is 72.3 Å². The number of anilines is 1. The SMILES string of the molecule is CCC(OC(=O)c1ccccc1-c1nc2ccccc2[nH]1)C(=O)Nc1nc2ccc(OC)cc2s1. The second-order valence-electron chi connectivity index (χ2n) is 7.79. The number of thiazole rings is 1. The van der Waals surface area contributed by atoms with E-state index in [9.17, 15) is 9.59 Å². The van der Waals surface area contributed by atoms with Gasteiger partial charge in [-0.15, -0.1) is 0 Å². The zero-order chi connectivity index (χ0) is 24.4. The van der Waals surface area contributed by atoms with Crippen molar-refractivity contribution in [3.8, 4) is 17.1 Å². The molecule has 5 aromatic rings. The maximum absolute atomic E-state index is 13.1. The van der Waals surface area contributed by atoms with Crippen molar-refractivity contribution in [2.45, 2.75) is 19.4 Å². The Morgan fingerprint density at radius 2 is 1.83 bits per heavy atom. The Morgan fingerprint density at radius 3 is 2.63 bits per heavy atom. The van der Waals surface area contributed by atoms with Crippen molar-refractivity contribution in [1.82, 2.24) is 15.0 Å². The Morgan fingerprint density at radius 1 is 1.03 bits per heavy atom. The average Bonchev–Trinajstić information content (AvgIpc) is 3.50. The van der Waals surface area contributed by atoms with Crippen molar-refractivity contribution in [1.29, 1.82) is 0 Å². The molecule has 0 fully saturated rings. The van der Waals surface area contributed by atoms with Gasteiger partial charge in [0.1, 0.15) is 11.6 Å². The van der Waals surface area contributed by atoms with Crippen LogP contribution in [0.25, 0.3) is 32.6 Å². The van der Waals surface area contributed by atoms with Crippen molar-refractivity contribution in [3.63, 3.8) is 0 Å².